The van der Waals surface area contributed by atoms with Gasteiger partial charge in [-0.15, -0.1) is 0 Å². The fourth-order valence-corrected chi connectivity index (χ4v) is 4.53. The standard InChI is InChI=1S/C23H37N3O2/c1-18(2)15-26(23(27)20-8-11-24-14-20)16-19-9-12-25(13-10-19)17-21-6-4-5-7-22(21)28-3/h4-7,18-20,24H,8-17H2,1-3H3/t20-/m0/s1. The maximum Gasteiger partial charge on any atom is 0.227 e. The average molecular weight is 388 g/mol. The van der Waals surface area contributed by atoms with E-state index in [1.165, 1.54) is 18.4 Å². The lowest BCUT2D eigenvalue weighted by atomic mass is 9.94. The summed E-state index contributed by atoms with van der Waals surface area (Å²) in [5.74, 6) is 2.66. The summed E-state index contributed by atoms with van der Waals surface area (Å²) in [7, 11) is 1.74. The second kappa shape index (κ2) is 10.3. The van der Waals surface area contributed by atoms with E-state index < -0.39 is 0 Å². The molecular formula is C23H37N3O2. The van der Waals surface area contributed by atoms with Crippen LogP contribution in [-0.2, 0) is 11.3 Å². The first-order valence-corrected chi connectivity index (χ1v) is 10.9. The number of benzene rings is 1. The number of nitrogens with one attached hydrogen (secondary N) is 1. The zero-order chi connectivity index (χ0) is 19.9. The molecule has 28 heavy (non-hydrogen) atoms. The van der Waals surface area contributed by atoms with Gasteiger partial charge in [0.1, 0.15) is 5.75 Å². The van der Waals surface area contributed by atoms with Gasteiger partial charge >= 0.3 is 0 Å². The molecule has 5 nitrogen and oxygen atoms in total. The highest BCUT2D eigenvalue weighted by molar-refractivity contribution is 5.79. The molecule has 1 aromatic rings. The van der Waals surface area contributed by atoms with Gasteiger partial charge in [0.2, 0.25) is 5.91 Å². The van der Waals surface area contributed by atoms with Crippen LogP contribution in [0.25, 0.3) is 0 Å². The van der Waals surface area contributed by atoms with Crippen LogP contribution < -0.4 is 10.1 Å². The van der Waals surface area contributed by atoms with Crippen molar-refractivity contribution in [2.45, 2.75) is 39.7 Å². The minimum absolute atomic E-state index is 0.185. The molecule has 156 valence electrons. The van der Waals surface area contributed by atoms with Crippen molar-refractivity contribution in [3.63, 3.8) is 0 Å². The Bertz CT molecular complexity index is 620. The van der Waals surface area contributed by atoms with E-state index in [1.807, 2.05) is 12.1 Å². The highest BCUT2D eigenvalue weighted by atomic mass is 16.5. The quantitative estimate of drug-likeness (QED) is 0.745. The van der Waals surface area contributed by atoms with Crippen molar-refractivity contribution in [3.05, 3.63) is 29.8 Å². The predicted molar refractivity (Wildman–Crippen MR) is 113 cm³/mol. The Labute approximate surface area is 170 Å². The summed E-state index contributed by atoms with van der Waals surface area (Å²) in [6.07, 6.45) is 3.32. The van der Waals surface area contributed by atoms with Crippen molar-refractivity contribution in [1.29, 1.82) is 0 Å². The van der Waals surface area contributed by atoms with Crippen LogP contribution in [0, 0.1) is 17.8 Å². The summed E-state index contributed by atoms with van der Waals surface area (Å²) in [5.41, 5.74) is 1.26. The monoisotopic (exact) mass is 387 g/mol. The molecule has 0 bridgehead atoms. The molecule has 0 radical (unpaired) electrons. The van der Waals surface area contributed by atoms with Crippen molar-refractivity contribution in [3.8, 4) is 5.75 Å². The van der Waals surface area contributed by atoms with E-state index in [0.29, 0.717) is 17.7 Å². The van der Waals surface area contributed by atoms with Crippen LogP contribution in [0.15, 0.2) is 24.3 Å². The van der Waals surface area contributed by atoms with E-state index in [2.05, 4.69) is 41.1 Å². The van der Waals surface area contributed by atoms with E-state index in [1.54, 1.807) is 7.11 Å². The van der Waals surface area contributed by atoms with E-state index in [0.717, 1.165) is 58.0 Å². The van der Waals surface area contributed by atoms with E-state index in [-0.39, 0.29) is 5.92 Å². The lowest BCUT2D eigenvalue weighted by Crippen LogP contribution is -2.44. The van der Waals surface area contributed by atoms with Crippen LogP contribution in [0.1, 0.15) is 38.7 Å². The summed E-state index contributed by atoms with van der Waals surface area (Å²) < 4.78 is 5.50. The molecule has 0 spiro atoms. The Balaban J connectivity index is 1.51. The van der Waals surface area contributed by atoms with Gasteiger partial charge in [-0.2, -0.15) is 0 Å². The number of amides is 1. The fraction of sp³-hybridized carbons (Fsp3) is 0.696. The number of hydrogen-bond donors (Lipinski definition) is 1. The maximum absolute atomic E-state index is 13.0. The van der Waals surface area contributed by atoms with Gasteiger partial charge in [0.05, 0.1) is 13.0 Å². The largest absolute Gasteiger partial charge is 0.496 e. The van der Waals surface area contributed by atoms with E-state index in [9.17, 15) is 4.79 Å². The van der Waals surface area contributed by atoms with Crippen molar-refractivity contribution < 1.29 is 9.53 Å². The lowest BCUT2D eigenvalue weighted by molar-refractivity contribution is -0.136. The van der Waals surface area contributed by atoms with Gasteiger partial charge in [-0.3, -0.25) is 9.69 Å². The van der Waals surface area contributed by atoms with Crippen molar-refractivity contribution in [2.75, 3.05) is 46.4 Å². The number of methoxy groups -OCH3 is 1. The molecule has 2 aliphatic rings. The van der Waals surface area contributed by atoms with Gasteiger partial charge in [0, 0.05) is 31.7 Å². The minimum Gasteiger partial charge on any atom is -0.496 e. The number of carbonyl (C=O) groups is 1. The number of carbonyl (C=O) groups excluding carboxylic acids is 1. The first kappa shape index (κ1) is 21.1. The molecule has 2 fully saturated rings. The molecule has 5 heteroatoms. The van der Waals surface area contributed by atoms with Gasteiger partial charge < -0.3 is 15.0 Å². The smallest absolute Gasteiger partial charge is 0.227 e. The molecule has 1 N–H and O–H groups in total. The van der Waals surface area contributed by atoms with Crippen molar-refractivity contribution in [1.82, 2.24) is 15.1 Å². The van der Waals surface area contributed by atoms with Crippen LogP contribution in [-0.4, -0.2) is 62.1 Å². The molecule has 0 unspecified atom stereocenters. The number of ether oxygens (including phenoxy) is 1. The molecule has 2 saturated heterocycles. The molecule has 1 amide bonds. The van der Waals surface area contributed by atoms with Gasteiger partial charge in [-0.05, 0) is 56.8 Å². The third-order valence-corrected chi connectivity index (χ3v) is 6.08. The zero-order valence-corrected chi connectivity index (χ0v) is 17.8. The molecule has 0 saturated carbocycles. The number of likely N-dealkylation sites (tertiary alicyclic amines) is 1. The van der Waals surface area contributed by atoms with Gasteiger partial charge in [0.15, 0.2) is 0 Å². The van der Waals surface area contributed by atoms with Crippen molar-refractivity contribution >= 4 is 5.91 Å². The Morgan fingerprint density at radius 3 is 2.64 bits per heavy atom. The third-order valence-electron chi connectivity index (χ3n) is 6.08. The maximum atomic E-state index is 13.0. The summed E-state index contributed by atoms with van der Waals surface area (Å²) in [4.78, 5) is 17.7. The van der Waals surface area contributed by atoms with Gasteiger partial charge in [0.25, 0.3) is 0 Å². The van der Waals surface area contributed by atoms with Crippen LogP contribution in [0.4, 0.5) is 0 Å². The molecule has 0 aliphatic carbocycles. The number of hydrogen-bond acceptors (Lipinski definition) is 4. The van der Waals surface area contributed by atoms with Crippen LogP contribution in [0.5, 0.6) is 5.75 Å². The predicted octanol–water partition coefficient (Wildman–Crippen LogP) is 3.00. The van der Waals surface area contributed by atoms with Gasteiger partial charge in [-0.1, -0.05) is 32.0 Å². The molecule has 3 rings (SSSR count). The SMILES string of the molecule is COc1ccccc1CN1CCC(CN(CC(C)C)C(=O)[C@H]2CCNC2)CC1. The van der Waals surface area contributed by atoms with Crippen molar-refractivity contribution in [2.24, 2.45) is 17.8 Å². The molecule has 1 atom stereocenters. The summed E-state index contributed by atoms with van der Waals surface area (Å²) >= 11 is 0. The van der Waals surface area contributed by atoms with Gasteiger partial charge in [-0.25, -0.2) is 0 Å². The second-order valence-electron chi connectivity index (χ2n) is 8.86. The topological polar surface area (TPSA) is 44.8 Å². The Morgan fingerprint density at radius 1 is 1.25 bits per heavy atom. The molecule has 2 aliphatic heterocycles. The fourth-order valence-electron chi connectivity index (χ4n) is 4.53. The summed E-state index contributed by atoms with van der Waals surface area (Å²) in [6.45, 7) is 11.2. The van der Waals surface area contributed by atoms with Crippen LogP contribution in [0.3, 0.4) is 0 Å². The highest BCUT2D eigenvalue weighted by Crippen LogP contribution is 2.25. The normalized spacial score (nSPS) is 21.2. The van der Waals surface area contributed by atoms with Crippen LogP contribution >= 0.6 is 0 Å². The third kappa shape index (κ3) is 5.71. The first-order chi connectivity index (χ1) is 13.6. The van der Waals surface area contributed by atoms with E-state index in [4.69, 9.17) is 4.74 Å². The summed E-state index contributed by atoms with van der Waals surface area (Å²) in [6, 6.07) is 8.30. The second-order valence-corrected chi connectivity index (χ2v) is 8.86. The Morgan fingerprint density at radius 2 is 2.00 bits per heavy atom. The first-order valence-electron chi connectivity index (χ1n) is 10.9. The molecule has 1 aromatic carbocycles. The number of nitrogens with zero attached hydrogens (tertiary/aromatic N) is 2. The number of para-hydroxylation sites is 1. The Kier molecular flexibility index (Phi) is 7.74. The summed E-state index contributed by atoms with van der Waals surface area (Å²) in [5, 5.41) is 3.34. The zero-order valence-electron chi connectivity index (χ0n) is 17.8. The molecule has 2 heterocycles. The number of piperidine rings is 1. The molecular weight excluding hydrogens is 350 g/mol. The Hall–Kier alpha value is -1.59. The minimum atomic E-state index is 0.185. The highest BCUT2D eigenvalue weighted by Gasteiger charge is 2.30. The van der Waals surface area contributed by atoms with E-state index >= 15 is 0 Å². The lowest BCUT2D eigenvalue weighted by Gasteiger charge is -2.36. The number of rotatable bonds is 8. The molecule has 0 aromatic heterocycles. The average Bonchev–Trinajstić information content (AvgIpc) is 3.23. The van der Waals surface area contributed by atoms with Crippen LogP contribution in [0.2, 0.25) is 0 Å².